The molecule has 19 heavy (non-hydrogen) atoms. The molecule has 106 valence electrons. The van der Waals surface area contributed by atoms with E-state index in [1.165, 1.54) is 26.4 Å². The van der Waals surface area contributed by atoms with Gasteiger partial charge in [-0.25, -0.2) is 4.39 Å². The normalized spacial score (nSPS) is 23.9. The van der Waals surface area contributed by atoms with E-state index in [0.29, 0.717) is 11.8 Å². The van der Waals surface area contributed by atoms with Crippen LogP contribution in [0.25, 0.3) is 0 Å². The van der Waals surface area contributed by atoms with Gasteiger partial charge in [-0.1, -0.05) is 38.3 Å². The molecule has 2 nitrogen and oxygen atoms in total. The molecule has 3 heteroatoms. The molecule has 2 unspecified atom stereocenters. The van der Waals surface area contributed by atoms with E-state index in [4.69, 9.17) is 4.74 Å². The standard InChI is InChI=1S/C16H24FNO/c1-3-18-14-10-6-4-5-8-12(14)13-9-7-11-15(19-2)16(13)17/h7,9,11-12,14,18H,3-6,8,10H2,1-2H3. The highest BCUT2D eigenvalue weighted by molar-refractivity contribution is 5.34. The first kappa shape index (κ1) is 14.3. The van der Waals surface area contributed by atoms with Crippen molar-refractivity contribution in [1.29, 1.82) is 0 Å². The maximum absolute atomic E-state index is 14.5. The van der Waals surface area contributed by atoms with E-state index in [0.717, 1.165) is 24.9 Å². The molecule has 1 aromatic rings. The van der Waals surface area contributed by atoms with Crippen molar-refractivity contribution in [3.63, 3.8) is 0 Å². The lowest BCUT2D eigenvalue weighted by Crippen LogP contribution is -2.34. The number of benzene rings is 1. The fourth-order valence-corrected chi connectivity index (χ4v) is 3.16. The van der Waals surface area contributed by atoms with Gasteiger partial charge in [0, 0.05) is 12.0 Å². The predicted octanol–water partition coefficient (Wildman–Crippen LogP) is 3.86. The Labute approximate surface area is 115 Å². The molecule has 0 aliphatic heterocycles. The van der Waals surface area contributed by atoms with Crippen LogP contribution in [0.2, 0.25) is 0 Å². The Kier molecular flexibility index (Phi) is 5.20. The summed E-state index contributed by atoms with van der Waals surface area (Å²) in [5, 5.41) is 3.53. The average molecular weight is 265 g/mol. The van der Waals surface area contributed by atoms with Crippen LogP contribution in [0.4, 0.5) is 4.39 Å². The molecule has 0 amide bonds. The third-order valence-electron chi connectivity index (χ3n) is 4.09. The Morgan fingerprint density at radius 2 is 2.05 bits per heavy atom. The summed E-state index contributed by atoms with van der Waals surface area (Å²) in [6.07, 6.45) is 5.86. The van der Waals surface area contributed by atoms with Gasteiger partial charge in [-0.3, -0.25) is 0 Å². The van der Waals surface area contributed by atoms with Gasteiger partial charge < -0.3 is 10.1 Å². The first-order valence-corrected chi connectivity index (χ1v) is 7.33. The van der Waals surface area contributed by atoms with Crippen molar-refractivity contribution in [1.82, 2.24) is 5.32 Å². The minimum absolute atomic E-state index is 0.181. The number of likely N-dealkylation sites (N-methyl/N-ethyl adjacent to an activating group) is 1. The van der Waals surface area contributed by atoms with E-state index in [1.807, 2.05) is 12.1 Å². The van der Waals surface area contributed by atoms with Crippen LogP contribution in [-0.4, -0.2) is 19.7 Å². The van der Waals surface area contributed by atoms with Gasteiger partial charge in [0.05, 0.1) is 7.11 Å². The zero-order valence-electron chi connectivity index (χ0n) is 11.9. The minimum atomic E-state index is -0.181. The number of nitrogens with one attached hydrogen (secondary N) is 1. The Morgan fingerprint density at radius 1 is 1.26 bits per heavy atom. The summed E-state index contributed by atoms with van der Waals surface area (Å²) in [4.78, 5) is 0. The van der Waals surface area contributed by atoms with E-state index in [-0.39, 0.29) is 11.7 Å². The van der Waals surface area contributed by atoms with Crippen molar-refractivity contribution >= 4 is 0 Å². The van der Waals surface area contributed by atoms with Gasteiger partial charge in [0.25, 0.3) is 0 Å². The minimum Gasteiger partial charge on any atom is -0.494 e. The van der Waals surface area contributed by atoms with Crippen LogP contribution in [0.3, 0.4) is 0 Å². The first-order chi connectivity index (χ1) is 9.27. The molecule has 1 saturated carbocycles. The van der Waals surface area contributed by atoms with Crippen LogP contribution in [0.1, 0.15) is 50.5 Å². The molecule has 0 saturated heterocycles. The molecular formula is C16H24FNO. The lowest BCUT2D eigenvalue weighted by molar-refractivity contribution is 0.370. The summed E-state index contributed by atoms with van der Waals surface area (Å²) in [5.41, 5.74) is 0.812. The summed E-state index contributed by atoms with van der Waals surface area (Å²) in [6, 6.07) is 5.88. The zero-order chi connectivity index (χ0) is 13.7. The number of methoxy groups -OCH3 is 1. The molecule has 1 N–H and O–H groups in total. The van der Waals surface area contributed by atoms with Crippen LogP contribution in [0.5, 0.6) is 5.75 Å². The Morgan fingerprint density at radius 3 is 2.79 bits per heavy atom. The number of rotatable bonds is 4. The maximum atomic E-state index is 14.5. The highest BCUT2D eigenvalue weighted by Gasteiger charge is 2.27. The Balaban J connectivity index is 2.30. The molecule has 1 aromatic carbocycles. The molecule has 2 rings (SSSR count). The molecule has 1 aliphatic carbocycles. The molecule has 0 bridgehead atoms. The molecule has 1 fully saturated rings. The maximum Gasteiger partial charge on any atom is 0.168 e. The predicted molar refractivity (Wildman–Crippen MR) is 76.2 cm³/mol. The number of halogens is 1. The van der Waals surface area contributed by atoms with Gasteiger partial charge in [-0.05, 0) is 31.0 Å². The smallest absolute Gasteiger partial charge is 0.168 e. The van der Waals surface area contributed by atoms with Gasteiger partial charge in [0.1, 0.15) is 0 Å². The van der Waals surface area contributed by atoms with Gasteiger partial charge in [0.15, 0.2) is 11.6 Å². The molecule has 2 atom stereocenters. The van der Waals surface area contributed by atoms with Gasteiger partial charge >= 0.3 is 0 Å². The fraction of sp³-hybridized carbons (Fsp3) is 0.625. The van der Waals surface area contributed by atoms with Crippen LogP contribution in [0.15, 0.2) is 18.2 Å². The van der Waals surface area contributed by atoms with Crippen molar-refractivity contribution in [2.45, 2.75) is 51.0 Å². The lowest BCUT2D eigenvalue weighted by atomic mass is 9.87. The third kappa shape index (κ3) is 3.27. The highest BCUT2D eigenvalue weighted by atomic mass is 19.1. The van der Waals surface area contributed by atoms with Crippen molar-refractivity contribution < 1.29 is 9.13 Å². The largest absolute Gasteiger partial charge is 0.494 e. The molecular weight excluding hydrogens is 241 g/mol. The lowest BCUT2D eigenvalue weighted by Gasteiger charge is -2.27. The summed E-state index contributed by atoms with van der Waals surface area (Å²) in [5.74, 6) is 0.439. The van der Waals surface area contributed by atoms with Crippen molar-refractivity contribution in [3.05, 3.63) is 29.6 Å². The fourth-order valence-electron chi connectivity index (χ4n) is 3.16. The monoisotopic (exact) mass is 265 g/mol. The van der Waals surface area contributed by atoms with Crippen LogP contribution >= 0.6 is 0 Å². The van der Waals surface area contributed by atoms with Crippen LogP contribution in [-0.2, 0) is 0 Å². The quantitative estimate of drug-likeness (QED) is 0.835. The van der Waals surface area contributed by atoms with Crippen molar-refractivity contribution in [3.8, 4) is 5.75 Å². The number of hydrogen-bond acceptors (Lipinski definition) is 2. The third-order valence-corrected chi connectivity index (χ3v) is 4.09. The van der Waals surface area contributed by atoms with Crippen molar-refractivity contribution in [2.24, 2.45) is 0 Å². The van der Waals surface area contributed by atoms with E-state index in [1.54, 1.807) is 6.07 Å². The molecule has 0 radical (unpaired) electrons. The zero-order valence-corrected chi connectivity index (χ0v) is 11.9. The second kappa shape index (κ2) is 6.90. The first-order valence-electron chi connectivity index (χ1n) is 7.33. The SMILES string of the molecule is CCNC1CCCCCC1c1cccc(OC)c1F. The van der Waals surface area contributed by atoms with E-state index in [2.05, 4.69) is 12.2 Å². The van der Waals surface area contributed by atoms with E-state index < -0.39 is 0 Å². The van der Waals surface area contributed by atoms with Gasteiger partial charge in [0.2, 0.25) is 0 Å². The summed E-state index contributed by atoms with van der Waals surface area (Å²) >= 11 is 0. The Bertz CT molecular complexity index is 408. The topological polar surface area (TPSA) is 21.3 Å². The van der Waals surface area contributed by atoms with Crippen LogP contribution < -0.4 is 10.1 Å². The molecule has 0 spiro atoms. The van der Waals surface area contributed by atoms with Crippen molar-refractivity contribution in [2.75, 3.05) is 13.7 Å². The molecule has 0 aromatic heterocycles. The molecule has 0 heterocycles. The summed E-state index contributed by atoms with van der Waals surface area (Å²) in [6.45, 7) is 3.05. The number of ether oxygens (including phenoxy) is 1. The van der Waals surface area contributed by atoms with Gasteiger partial charge in [-0.15, -0.1) is 0 Å². The van der Waals surface area contributed by atoms with Gasteiger partial charge in [-0.2, -0.15) is 0 Å². The van der Waals surface area contributed by atoms with E-state index in [9.17, 15) is 4.39 Å². The average Bonchev–Trinajstić information content (AvgIpc) is 2.65. The summed E-state index contributed by atoms with van der Waals surface area (Å²) < 4.78 is 19.6. The molecule has 1 aliphatic rings. The van der Waals surface area contributed by atoms with E-state index >= 15 is 0 Å². The summed E-state index contributed by atoms with van der Waals surface area (Å²) in [7, 11) is 1.52. The Hall–Kier alpha value is -1.09. The highest BCUT2D eigenvalue weighted by Crippen LogP contribution is 2.35. The second-order valence-electron chi connectivity index (χ2n) is 5.27. The number of hydrogen-bond donors (Lipinski definition) is 1. The van der Waals surface area contributed by atoms with Crippen LogP contribution in [0, 0.1) is 5.82 Å². The second-order valence-corrected chi connectivity index (χ2v) is 5.27.